The van der Waals surface area contributed by atoms with E-state index in [1.54, 1.807) is 0 Å². The van der Waals surface area contributed by atoms with Crippen molar-refractivity contribution in [3.8, 4) is 22.5 Å². The van der Waals surface area contributed by atoms with Crippen LogP contribution in [0.2, 0.25) is 0 Å². The monoisotopic (exact) mass is 296 g/mol. The van der Waals surface area contributed by atoms with E-state index in [1.165, 1.54) is 27.8 Å². The van der Waals surface area contributed by atoms with Crippen LogP contribution in [0.5, 0.6) is 0 Å². The normalized spacial score (nSPS) is 12.4. The minimum Gasteiger partial charge on any atom is -0.338 e. The number of hydrogen-bond acceptors (Lipinski definition) is 1. The molecule has 0 amide bonds. The molecule has 1 aliphatic carbocycles. The van der Waals surface area contributed by atoms with E-state index in [0.717, 1.165) is 28.8 Å². The zero-order valence-electron chi connectivity index (χ0n) is 12.9. The summed E-state index contributed by atoms with van der Waals surface area (Å²) in [5.74, 6) is 0.942. The van der Waals surface area contributed by atoms with E-state index in [2.05, 4.69) is 72.6 Å². The van der Waals surface area contributed by atoms with Crippen LogP contribution in [-0.4, -0.2) is 9.97 Å². The Morgan fingerprint density at radius 1 is 0.870 bits per heavy atom. The molecule has 0 saturated heterocycles. The number of aromatic nitrogens is 2. The Hall–Kier alpha value is -2.87. The van der Waals surface area contributed by atoms with Gasteiger partial charge >= 0.3 is 0 Å². The van der Waals surface area contributed by atoms with Gasteiger partial charge in [-0.25, -0.2) is 4.98 Å². The van der Waals surface area contributed by atoms with Crippen molar-refractivity contribution in [3.05, 3.63) is 77.4 Å². The number of aromatic amines is 1. The fourth-order valence-electron chi connectivity index (χ4n) is 3.53. The molecule has 0 bridgehead atoms. The van der Waals surface area contributed by atoms with Crippen molar-refractivity contribution >= 4 is 11.0 Å². The number of H-pyrrole nitrogens is 1. The minimum absolute atomic E-state index is 0.942. The average molecular weight is 296 g/mol. The molecule has 1 heterocycles. The van der Waals surface area contributed by atoms with Crippen LogP contribution in [0.25, 0.3) is 33.5 Å². The lowest BCUT2D eigenvalue weighted by Gasteiger charge is -2.03. The fraction of sp³-hybridized carbons (Fsp3) is 0.0952. The van der Waals surface area contributed by atoms with Crippen LogP contribution in [0.1, 0.15) is 16.7 Å². The maximum atomic E-state index is 4.75. The maximum Gasteiger partial charge on any atom is 0.138 e. The van der Waals surface area contributed by atoms with Gasteiger partial charge in [-0.15, -0.1) is 0 Å². The summed E-state index contributed by atoms with van der Waals surface area (Å²) in [6, 6.07) is 21.7. The summed E-state index contributed by atoms with van der Waals surface area (Å²) in [5.41, 5.74) is 10.0. The third-order valence-corrected chi connectivity index (χ3v) is 4.71. The highest BCUT2D eigenvalue weighted by Gasteiger charge is 2.18. The van der Waals surface area contributed by atoms with Gasteiger partial charge in [-0.05, 0) is 59.4 Å². The minimum atomic E-state index is 0.942. The summed E-state index contributed by atoms with van der Waals surface area (Å²) in [5, 5.41) is 0. The van der Waals surface area contributed by atoms with E-state index < -0.39 is 0 Å². The van der Waals surface area contributed by atoms with E-state index in [9.17, 15) is 0 Å². The van der Waals surface area contributed by atoms with Gasteiger partial charge in [0.05, 0.1) is 11.0 Å². The highest BCUT2D eigenvalue weighted by molar-refractivity contribution is 5.83. The SMILES string of the molecule is Cc1ccc2nc(-c3ccc4c(c3)-c3ccccc3C4)[nH]c2c1. The zero-order valence-corrected chi connectivity index (χ0v) is 12.9. The topological polar surface area (TPSA) is 28.7 Å². The molecule has 23 heavy (non-hydrogen) atoms. The second-order valence-electron chi connectivity index (χ2n) is 6.31. The average Bonchev–Trinajstić information content (AvgIpc) is 3.14. The molecular formula is C21H16N2. The standard InChI is InChI=1S/C21H16N2/c1-13-6-9-19-20(10-13)23-21(22-19)16-8-7-15-11-14-4-2-3-5-17(14)18(15)12-16/h2-10,12H,11H2,1H3,(H,22,23). The molecule has 110 valence electrons. The first-order valence-electron chi connectivity index (χ1n) is 7.96. The number of fused-ring (bicyclic) bond motifs is 4. The van der Waals surface area contributed by atoms with E-state index >= 15 is 0 Å². The van der Waals surface area contributed by atoms with Crippen molar-refractivity contribution in [2.24, 2.45) is 0 Å². The second kappa shape index (κ2) is 4.56. The quantitative estimate of drug-likeness (QED) is 0.457. The predicted octanol–water partition coefficient (Wildman–Crippen LogP) is 5.11. The largest absolute Gasteiger partial charge is 0.338 e. The number of nitrogens with one attached hydrogen (secondary N) is 1. The molecule has 2 heteroatoms. The molecule has 0 saturated carbocycles. The summed E-state index contributed by atoms with van der Waals surface area (Å²) in [6.45, 7) is 2.10. The Kier molecular flexibility index (Phi) is 2.51. The summed E-state index contributed by atoms with van der Waals surface area (Å²) < 4.78 is 0. The fourth-order valence-corrected chi connectivity index (χ4v) is 3.53. The first-order chi connectivity index (χ1) is 11.3. The Morgan fingerprint density at radius 3 is 2.70 bits per heavy atom. The first kappa shape index (κ1) is 12.7. The Morgan fingerprint density at radius 2 is 1.74 bits per heavy atom. The molecule has 1 aliphatic rings. The van der Waals surface area contributed by atoms with E-state index in [1.807, 2.05) is 0 Å². The van der Waals surface area contributed by atoms with Crippen molar-refractivity contribution in [3.63, 3.8) is 0 Å². The summed E-state index contributed by atoms with van der Waals surface area (Å²) >= 11 is 0. The Balaban J connectivity index is 1.67. The van der Waals surface area contributed by atoms with Crippen molar-refractivity contribution in [1.82, 2.24) is 9.97 Å². The van der Waals surface area contributed by atoms with Crippen molar-refractivity contribution < 1.29 is 0 Å². The molecule has 0 unspecified atom stereocenters. The number of rotatable bonds is 1. The van der Waals surface area contributed by atoms with Gasteiger partial charge in [0.25, 0.3) is 0 Å². The van der Waals surface area contributed by atoms with Crippen molar-refractivity contribution in [1.29, 1.82) is 0 Å². The smallest absolute Gasteiger partial charge is 0.138 e. The van der Waals surface area contributed by atoms with Crippen LogP contribution in [0.15, 0.2) is 60.7 Å². The lowest BCUT2D eigenvalue weighted by atomic mass is 10.0. The third-order valence-electron chi connectivity index (χ3n) is 4.71. The highest BCUT2D eigenvalue weighted by atomic mass is 14.9. The van der Waals surface area contributed by atoms with Crippen LogP contribution in [0.3, 0.4) is 0 Å². The maximum absolute atomic E-state index is 4.75. The number of nitrogens with zero attached hydrogens (tertiary/aromatic N) is 1. The van der Waals surface area contributed by atoms with Crippen LogP contribution in [-0.2, 0) is 6.42 Å². The third kappa shape index (κ3) is 1.92. The van der Waals surface area contributed by atoms with Gasteiger partial charge in [0.15, 0.2) is 0 Å². The molecule has 2 nitrogen and oxygen atoms in total. The molecule has 1 aromatic heterocycles. The van der Waals surface area contributed by atoms with E-state index in [0.29, 0.717) is 0 Å². The number of imidazole rings is 1. The van der Waals surface area contributed by atoms with Crippen molar-refractivity contribution in [2.45, 2.75) is 13.3 Å². The Labute approximate surface area is 134 Å². The van der Waals surface area contributed by atoms with Gasteiger partial charge < -0.3 is 4.98 Å². The second-order valence-corrected chi connectivity index (χ2v) is 6.31. The predicted molar refractivity (Wildman–Crippen MR) is 94.5 cm³/mol. The van der Waals surface area contributed by atoms with Crippen molar-refractivity contribution in [2.75, 3.05) is 0 Å². The van der Waals surface area contributed by atoms with Crippen LogP contribution in [0, 0.1) is 6.92 Å². The molecule has 1 N–H and O–H groups in total. The molecule has 5 rings (SSSR count). The molecule has 0 fully saturated rings. The van der Waals surface area contributed by atoms with Crippen LogP contribution >= 0.6 is 0 Å². The summed E-state index contributed by atoms with van der Waals surface area (Å²) in [7, 11) is 0. The molecule has 0 atom stereocenters. The Bertz CT molecular complexity index is 1060. The lowest BCUT2D eigenvalue weighted by Crippen LogP contribution is -1.84. The van der Waals surface area contributed by atoms with Gasteiger partial charge in [-0.1, -0.05) is 42.5 Å². The first-order valence-corrected chi connectivity index (χ1v) is 7.96. The molecule has 0 spiro atoms. The molecule has 3 aromatic carbocycles. The van der Waals surface area contributed by atoms with Crippen LogP contribution < -0.4 is 0 Å². The number of hydrogen-bond donors (Lipinski definition) is 1. The van der Waals surface area contributed by atoms with Gasteiger partial charge in [-0.2, -0.15) is 0 Å². The number of aryl methyl sites for hydroxylation is 1. The molecular weight excluding hydrogens is 280 g/mol. The van der Waals surface area contributed by atoms with Crippen LogP contribution in [0.4, 0.5) is 0 Å². The zero-order chi connectivity index (χ0) is 15.4. The molecule has 4 aromatic rings. The van der Waals surface area contributed by atoms with E-state index in [-0.39, 0.29) is 0 Å². The summed E-state index contributed by atoms with van der Waals surface area (Å²) in [6.07, 6.45) is 1.03. The summed E-state index contributed by atoms with van der Waals surface area (Å²) in [4.78, 5) is 8.21. The number of benzene rings is 3. The molecule has 0 aliphatic heterocycles. The van der Waals surface area contributed by atoms with Gasteiger partial charge in [0.2, 0.25) is 0 Å². The van der Waals surface area contributed by atoms with Gasteiger partial charge in [0.1, 0.15) is 5.82 Å². The van der Waals surface area contributed by atoms with Gasteiger partial charge in [-0.3, -0.25) is 0 Å². The molecule has 0 radical (unpaired) electrons. The van der Waals surface area contributed by atoms with Gasteiger partial charge in [0, 0.05) is 5.56 Å². The van der Waals surface area contributed by atoms with E-state index in [4.69, 9.17) is 4.98 Å². The highest BCUT2D eigenvalue weighted by Crippen LogP contribution is 2.38. The lowest BCUT2D eigenvalue weighted by molar-refractivity contribution is 1.26.